The number of sulfone groups is 1. The van der Waals surface area contributed by atoms with Crippen molar-refractivity contribution in [3.8, 4) is 0 Å². The van der Waals surface area contributed by atoms with Crippen LogP contribution in [0.5, 0.6) is 0 Å². The average Bonchev–Trinajstić information content (AvgIpc) is 3.21. The van der Waals surface area contributed by atoms with Gasteiger partial charge < -0.3 is 10.3 Å². The molecule has 187 valence electrons. The average molecular weight is 510 g/mol. The maximum Gasteiger partial charge on any atom is 0.249 e. The molecule has 0 bridgehead atoms. The van der Waals surface area contributed by atoms with Gasteiger partial charge in [0.2, 0.25) is 5.91 Å². The summed E-state index contributed by atoms with van der Waals surface area (Å²) in [5.41, 5.74) is 10.9. The molecule has 1 radical (unpaired) electrons. The molecule has 0 spiro atoms. The fourth-order valence-corrected chi connectivity index (χ4v) is 6.37. The first-order valence-corrected chi connectivity index (χ1v) is 14.1. The second-order valence-corrected chi connectivity index (χ2v) is 11.4. The first-order chi connectivity index (χ1) is 17.9. The number of carbonyl (C=O) groups is 1. The molecule has 4 aromatic carbocycles. The summed E-state index contributed by atoms with van der Waals surface area (Å²) in [4.78, 5) is 12.6. The summed E-state index contributed by atoms with van der Waals surface area (Å²) in [5, 5.41) is 1.63. The molecular weight excluding hydrogens is 480 g/mol. The van der Waals surface area contributed by atoms with Crippen molar-refractivity contribution in [1.29, 1.82) is 0 Å². The lowest BCUT2D eigenvalue weighted by molar-refractivity contribution is 0.100. The van der Waals surface area contributed by atoms with Crippen molar-refractivity contribution in [1.82, 2.24) is 4.57 Å². The van der Waals surface area contributed by atoms with Crippen molar-refractivity contribution in [2.45, 2.75) is 43.4 Å². The highest BCUT2D eigenvalue weighted by Gasteiger charge is 2.20. The molecule has 1 heterocycles. The molecule has 37 heavy (non-hydrogen) atoms. The zero-order chi connectivity index (χ0) is 26.0. The van der Waals surface area contributed by atoms with Crippen LogP contribution in [0.2, 0.25) is 0 Å². The molecule has 2 N–H and O–H groups in total. The molecule has 5 aromatic rings. The molecule has 1 amide bonds. The van der Waals surface area contributed by atoms with E-state index in [0.29, 0.717) is 17.0 Å². The van der Waals surface area contributed by atoms with Crippen molar-refractivity contribution in [2.24, 2.45) is 5.73 Å². The SMILES string of the molecule is CCCCc1c[c]c2c3c(C(N)=O)cccc3n(Cc3ccccc3CS(=O)(=O)c3ccccc3)c2c1. The van der Waals surface area contributed by atoms with Gasteiger partial charge in [0, 0.05) is 22.9 Å². The zero-order valence-corrected chi connectivity index (χ0v) is 21.6. The normalized spacial score (nSPS) is 11.8. The van der Waals surface area contributed by atoms with E-state index in [4.69, 9.17) is 5.73 Å². The minimum atomic E-state index is -3.51. The number of hydrogen-bond donors (Lipinski definition) is 1. The topological polar surface area (TPSA) is 82.2 Å². The summed E-state index contributed by atoms with van der Waals surface area (Å²) in [6, 6.07) is 29.3. The number of nitrogens with zero attached hydrogens (tertiary/aromatic N) is 1. The van der Waals surface area contributed by atoms with E-state index in [1.165, 1.54) is 5.56 Å². The Kier molecular flexibility index (Phi) is 6.85. The minimum absolute atomic E-state index is 0.0925. The Morgan fingerprint density at radius 3 is 2.38 bits per heavy atom. The van der Waals surface area contributed by atoms with Gasteiger partial charge in [-0.2, -0.15) is 0 Å². The van der Waals surface area contributed by atoms with Gasteiger partial charge in [-0.05, 0) is 65.9 Å². The number of benzene rings is 4. The summed E-state index contributed by atoms with van der Waals surface area (Å²) >= 11 is 0. The number of nitrogens with two attached hydrogens (primary N) is 1. The highest BCUT2D eigenvalue weighted by molar-refractivity contribution is 7.90. The van der Waals surface area contributed by atoms with E-state index in [9.17, 15) is 13.2 Å². The number of carbonyl (C=O) groups excluding carboxylic acids is 1. The third-order valence-electron chi connectivity index (χ3n) is 6.83. The summed E-state index contributed by atoms with van der Waals surface area (Å²) < 4.78 is 28.5. The molecule has 0 fully saturated rings. The van der Waals surface area contributed by atoms with Gasteiger partial charge in [0.05, 0.1) is 21.7 Å². The molecule has 0 atom stereocenters. The smallest absolute Gasteiger partial charge is 0.249 e. The lowest BCUT2D eigenvalue weighted by Gasteiger charge is -2.14. The van der Waals surface area contributed by atoms with Crippen LogP contribution in [0, 0.1) is 6.07 Å². The molecule has 6 heteroatoms. The number of unbranched alkanes of at least 4 members (excludes halogenated alkanes) is 1. The number of fused-ring (bicyclic) bond motifs is 3. The monoisotopic (exact) mass is 509 g/mol. The number of aryl methyl sites for hydroxylation is 1. The molecule has 0 saturated carbocycles. The van der Waals surface area contributed by atoms with Crippen LogP contribution in [0.15, 0.2) is 89.8 Å². The van der Waals surface area contributed by atoms with E-state index in [1.807, 2.05) is 42.5 Å². The number of rotatable bonds is 9. The fraction of sp³-hybridized carbons (Fsp3) is 0.194. The molecule has 0 saturated heterocycles. The summed E-state index contributed by atoms with van der Waals surface area (Å²) in [6.07, 6.45) is 3.11. The molecule has 0 aliphatic heterocycles. The van der Waals surface area contributed by atoms with Crippen LogP contribution in [-0.2, 0) is 28.6 Å². The van der Waals surface area contributed by atoms with E-state index < -0.39 is 15.7 Å². The second-order valence-electron chi connectivity index (χ2n) is 9.36. The molecule has 0 unspecified atom stereocenters. The Hall–Kier alpha value is -3.90. The lowest BCUT2D eigenvalue weighted by Crippen LogP contribution is -2.11. The highest BCUT2D eigenvalue weighted by Crippen LogP contribution is 2.33. The van der Waals surface area contributed by atoms with Crippen LogP contribution in [0.4, 0.5) is 0 Å². The molecule has 0 aliphatic rings. The van der Waals surface area contributed by atoms with Crippen LogP contribution < -0.4 is 5.73 Å². The Bertz CT molecular complexity index is 1700. The number of primary amides is 1. The van der Waals surface area contributed by atoms with Gasteiger partial charge in [0.25, 0.3) is 0 Å². The summed E-state index contributed by atoms with van der Waals surface area (Å²) in [7, 11) is -3.51. The second kappa shape index (κ2) is 10.2. The molecule has 1 aromatic heterocycles. The maximum atomic E-state index is 13.2. The first kappa shape index (κ1) is 24.8. The highest BCUT2D eigenvalue weighted by atomic mass is 32.2. The third-order valence-corrected chi connectivity index (χ3v) is 8.51. The Balaban J connectivity index is 1.65. The predicted octanol–water partition coefficient (Wildman–Crippen LogP) is 6.06. The van der Waals surface area contributed by atoms with Crippen molar-refractivity contribution < 1.29 is 13.2 Å². The zero-order valence-electron chi connectivity index (χ0n) is 20.8. The third kappa shape index (κ3) is 4.89. The first-order valence-electron chi connectivity index (χ1n) is 12.5. The molecular formula is C31H29N2O3S. The van der Waals surface area contributed by atoms with Crippen LogP contribution in [0.25, 0.3) is 21.8 Å². The Morgan fingerprint density at radius 2 is 1.65 bits per heavy atom. The van der Waals surface area contributed by atoms with Crippen LogP contribution in [0.3, 0.4) is 0 Å². The van der Waals surface area contributed by atoms with Gasteiger partial charge >= 0.3 is 0 Å². The standard InChI is InChI=1S/C31H29N2O3S/c1-2-3-10-22-17-18-26-29(19-22)33(28-16-9-15-27(30(26)28)31(32)34)20-23-11-7-8-12-24(23)21-37(35,36)25-13-5-4-6-14-25/h4-9,11-17,19H,2-3,10,20-21H2,1H3,(H2,32,34). The van der Waals surface area contributed by atoms with Crippen LogP contribution >= 0.6 is 0 Å². The van der Waals surface area contributed by atoms with Crippen LogP contribution in [-0.4, -0.2) is 18.9 Å². The van der Waals surface area contributed by atoms with Gasteiger partial charge in [-0.25, -0.2) is 8.42 Å². The van der Waals surface area contributed by atoms with Crippen molar-refractivity contribution in [2.75, 3.05) is 0 Å². The van der Waals surface area contributed by atoms with E-state index in [1.54, 1.807) is 36.4 Å². The minimum Gasteiger partial charge on any atom is -0.366 e. The summed E-state index contributed by atoms with van der Waals surface area (Å²) in [6.45, 7) is 2.62. The quantitative estimate of drug-likeness (QED) is 0.262. The van der Waals surface area contributed by atoms with E-state index in [2.05, 4.69) is 23.6 Å². The maximum absolute atomic E-state index is 13.2. The Labute approximate surface area is 217 Å². The number of aromatic nitrogens is 1. The van der Waals surface area contributed by atoms with Gasteiger partial charge in [-0.3, -0.25) is 4.79 Å². The van der Waals surface area contributed by atoms with Crippen molar-refractivity contribution in [3.63, 3.8) is 0 Å². The largest absolute Gasteiger partial charge is 0.366 e. The summed E-state index contributed by atoms with van der Waals surface area (Å²) in [5.74, 6) is -0.576. The van der Waals surface area contributed by atoms with Gasteiger partial charge in [-0.1, -0.05) is 67.9 Å². The number of hydrogen-bond acceptors (Lipinski definition) is 3. The molecule has 5 nitrogen and oxygen atoms in total. The van der Waals surface area contributed by atoms with E-state index in [-0.39, 0.29) is 5.75 Å². The van der Waals surface area contributed by atoms with E-state index >= 15 is 0 Å². The fourth-order valence-electron chi connectivity index (χ4n) is 4.94. The molecule has 5 rings (SSSR count). The molecule has 0 aliphatic carbocycles. The van der Waals surface area contributed by atoms with Crippen molar-refractivity contribution >= 4 is 37.6 Å². The van der Waals surface area contributed by atoms with E-state index in [0.717, 1.165) is 52.2 Å². The lowest BCUT2D eigenvalue weighted by atomic mass is 10.0. The van der Waals surface area contributed by atoms with Crippen molar-refractivity contribution in [3.05, 3.63) is 113 Å². The van der Waals surface area contributed by atoms with Crippen LogP contribution in [0.1, 0.15) is 46.8 Å². The Morgan fingerprint density at radius 1 is 0.919 bits per heavy atom. The number of amides is 1. The van der Waals surface area contributed by atoms with Gasteiger partial charge in [0.1, 0.15) is 0 Å². The van der Waals surface area contributed by atoms with Gasteiger partial charge in [-0.15, -0.1) is 0 Å². The van der Waals surface area contributed by atoms with Gasteiger partial charge in [0.15, 0.2) is 9.84 Å². The predicted molar refractivity (Wildman–Crippen MR) is 148 cm³/mol.